The van der Waals surface area contributed by atoms with Gasteiger partial charge in [-0.25, -0.2) is 9.97 Å². The summed E-state index contributed by atoms with van der Waals surface area (Å²) in [6.07, 6.45) is 4.85. The van der Waals surface area contributed by atoms with E-state index in [0.717, 1.165) is 24.2 Å². The number of para-hydroxylation sites is 1. The van der Waals surface area contributed by atoms with Crippen LogP contribution in [-0.4, -0.2) is 29.5 Å². The summed E-state index contributed by atoms with van der Waals surface area (Å²) < 4.78 is 5.33. The second-order valence-corrected chi connectivity index (χ2v) is 6.30. The number of amides is 1. The van der Waals surface area contributed by atoms with Crippen molar-refractivity contribution in [1.82, 2.24) is 15.3 Å². The number of methoxy groups -OCH3 is 1. The summed E-state index contributed by atoms with van der Waals surface area (Å²) in [7, 11) is 1.64. The zero-order valence-corrected chi connectivity index (χ0v) is 15.9. The Morgan fingerprint density at radius 1 is 1.00 bits per heavy atom. The molecule has 3 rings (SSSR count). The zero-order valence-electron chi connectivity index (χ0n) is 15.9. The van der Waals surface area contributed by atoms with Crippen LogP contribution in [0.15, 0.2) is 67.0 Å². The number of aryl methyl sites for hydroxylation is 1. The van der Waals surface area contributed by atoms with Gasteiger partial charge in [-0.05, 0) is 24.5 Å². The molecule has 0 unspecified atom stereocenters. The van der Waals surface area contributed by atoms with Gasteiger partial charge in [-0.15, -0.1) is 0 Å². The lowest BCUT2D eigenvalue weighted by Crippen LogP contribution is -2.25. The SMILES string of the molecule is COc1ccccc1CNc1cnc(C(=O)NCCCc2ccccc2)cn1. The van der Waals surface area contributed by atoms with E-state index in [1.807, 2.05) is 42.5 Å². The molecule has 0 fully saturated rings. The van der Waals surface area contributed by atoms with Gasteiger partial charge in [-0.3, -0.25) is 4.79 Å². The summed E-state index contributed by atoms with van der Waals surface area (Å²) in [5, 5.41) is 6.07. The minimum absolute atomic E-state index is 0.211. The first-order valence-electron chi connectivity index (χ1n) is 9.26. The fourth-order valence-corrected chi connectivity index (χ4v) is 2.80. The molecule has 0 atom stereocenters. The Morgan fingerprint density at radius 2 is 1.79 bits per heavy atom. The van der Waals surface area contributed by atoms with Crippen LogP contribution in [-0.2, 0) is 13.0 Å². The maximum Gasteiger partial charge on any atom is 0.271 e. The van der Waals surface area contributed by atoms with Crippen molar-refractivity contribution in [2.45, 2.75) is 19.4 Å². The van der Waals surface area contributed by atoms with Crippen molar-refractivity contribution in [3.05, 3.63) is 83.8 Å². The first-order valence-corrected chi connectivity index (χ1v) is 9.26. The summed E-state index contributed by atoms with van der Waals surface area (Å²) >= 11 is 0. The van der Waals surface area contributed by atoms with E-state index in [1.165, 1.54) is 11.8 Å². The molecular weight excluding hydrogens is 352 g/mol. The van der Waals surface area contributed by atoms with Crippen molar-refractivity contribution in [3.8, 4) is 5.75 Å². The van der Waals surface area contributed by atoms with Crippen molar-refractivity contribution < 1.29 is 9.53 Å². The van der Waals surface area contributed by atoms with Gasteiger partial charge in [-0.1, -0.05) is 48.5 Å². The smallest absolute Gasteiger partial charge is 0.271 e. The molecule has 0 bridgehead atoms. The molecule has 1 heterocycles. The fourth-order valence-electron chi connectivity index (χ4n) is 2.80. The first kappa shape index (κ1) is 19.4. The standard InChI is InChI=1S/C22H24N4O2/c1-28-20-12-6-5-11-18(20)14-25-21-16-24-19(15-26-21)22(27)23-13-7-10-17-8-3-2-4-9-17/h2-6,8-9,11-12,15-16H,7,10,13-14H2,1H3,(H,23,27)(H,25,26). The lowest BCUT2D eigenvalue weighted by molar-refractivity contribution is 0.0948. The quantitative estimate of drug-likeness (QED) is 0.559. The van der Waals surface area contributed by atoms with Crippen LogP contribution < -0.4 is 15.4 Å². The number of benzene rings is 2. The highest BCUT2D eigenvalue weighted by Gasteiger charge is 2.08. The van der Waals surface area contributed by atoms with E-state index in [1.54, 1.807) is 13.3 Å². The number of aromatic nitrogens is 2. The normalized spacial score (nSPS) is 10.3. The van der Waals surface area contributed by atoms with E-state index in [2.05, 4.69) is 32.7 Å². The van der Waals surface area contributed by atoms with Crippen molar-refractivity contribution in [2.75, 3.05) is 19.0 Å². The van der Waals surface area contributed by atoms with E-state index >= 15 is 0 Å². The maximum absolute atomic E-state index is 12.2. The highest BCUT2D eigenvalue weighted by Crippen LogP contribution is 2.18. The van der Waals surface area contributed by atoms with Gasteiger partial charge in [-0.2, -0.15) is 0 Å². The van der Waals surface area contributed by atoms with E-state index in [0.29, 0.717) is 24.6 Å². The zero-order chi connectivity index (χ0) is 19.6. The van der Waals surface area contributed by atoms with Gasteiger partial charge in [0.15, 0.2) is 0 Å². The number of rotatable bonds is 9. The van der Waals surface area contributed by atoms with Crippen LogP contribution in [0.4, 0.5) is 5.82 Å². The minimum atomic E-state index is -0.211. The van der Waals surface area contributed by atoms with E-state index < -0.39 is 0 Å². The van der Waals surface area contributed by atoms with Gasteiger partial charge >= 0.3 is 0 Å². The molecule has 0 saturated heterocycles. The van der Waals surface area contributed by atoms with Crippen LogP contribution in [0.1, 0.15) is 28.0 Å². The van der Waals surface area contributed by atoms with Gasteiger partial charge in [0.25, 0.3) is 5.91 Å². The molecule has 0 radical (unpaired) electrons. The number of nitrogens with one attached hydrogen (secondary N) is 2. The summed E-state index contributed by atoms with van der Waals surface area (Å²) in [4.78, 5) is 20.7. The third-order valence-electron chi connectivity index (χ3n) is 4.31. The molecule has 2 N–H and O–H groups in total. The molecule has 0 aliphatic heterocycles. The average Bonchev–Trinajstić information content (AvgIpc) is 2.76. The molecule has 0 aliphatic rings. The molecule has 0 saturated carbocycles. The molecule has 3 aromatic rings. The third kappa shape index (κ3) is 5.54. The molecule has 28 heavy (non-hydrogen) atoms. The summed E-state index contributed by atoms with van der Waals surface area (Å²) in [6.45, 7) is 1.16. The van der Waals surface area contributed by atoms with E-state index in [-0.39, 0.29) is 5.91 Å². The fraction of sp³-hybridized carbons (Fsp3) is 0.227. The summed E-state index contributed by atoms with van der Waals surface area (Å²) in [6, 6.07) is 18.0. The maximum atomic E-state index is 12.2. The van der Waals surface area contributed by atoms with E-state index in [4.69, 9.17) is 4.74 Å². The number of nitrogens with zero attached hydrogens (tertiary/aromatic N) is 2. The van der Waals surface area contributed by atoms with Crippen LogP contribution in [0.2, 0.25) is 0 Å². The number of carbonyl (C=O) groups is 1. The van der Waals surface area contributed by atoms with Crippen molar-refractivity contribution in [2.24, 2.45) is 0 Å². The Bertz CT molecular complexity index is 883. The molecule has 1 aromatic heterocycles. The topological polar surface area (TPSA) is 76.1 Å². The predicted octanol–water partition coefficient (Wildman–Crippen LogP) is 3.46. The summed E-state index contributed by atoms with van der Waals surface area (Å²) in [5.74, 6) is 1.21. The molecule has 144 valence electrons. The molecule has 6 heteroatoms. The van der Waals surface area contributed by atoms with Crippen LogP contribution in [0.25, 0.3) is 0 Å². The van der Waals surface area contributed by atoms with E-state index in [9.17, 15) is 4.79 Å². The molecular formula is C22H24N4O2. The largest absolute Gasteiger partial charge is 0.496 e. The Morgan fingerprint density at radius 3 is 2.54 bits per heavy atom. The molecule has 2 aromatic carbocycles. The predicted molar refractivity (Wildman–Crippen MR) is 109 cm³/mol. The second kappa shape index (κ2) is 10.1. The third-order valence-corrected chi connectivity index (χ3v) is 4.31. The highest BCUT2D eigenvalue weighted by molar-refractivity contribution is 5.91. The monoisotopic (exact) mass is 376 g/mol. The molecule has 6 nitrogen and oxygen atoms in total. The lowest BCUT2D eigenvalue weighted by atomic mass is 10.1. The Labute approximate surface area is 165 Å². The number of hydrogen-bond donors (Lipinski definition) is 2. The van der Waals surface area contributed by atoms with Crippen LogP contribution in [0.5, 0.6) is 5.75 Å². The van der Waals surface area contributed by atoms with Crippen LogP contribution in [0, 0.1) is 0 Å². The minimum Gasteiger partial charge on any atom is -0.496 e. The first-order chi connectivity index (χ1) is 13.8. The van der Waals surface area contributed by atoms with Gasteiger partial charge in [0.2, 0.25) is 0 Å². The number of carbonyl (C=O) groups excluding carboxylic acids is 1. The summed E-state index contributed by atoms with van der Waals surface area (Å²) in [5.41, 5.74) is 2.59. The average molecular weight is 376 g/mol. The van der Waals surface area contributed by atoms with Gasteiger partial charge in [0.1, 0.15) is 17.3 Å². The van der Waals surface area contributed by atoms with Crippen LogP contribution in [0.3, 0.4) is 0 Å². The molecule has 0 spiro atoms. The highest BCUT2D eigenvalue weighted by atomic mass is 16.5. The Kier molecular flexibility index (Phi) is 6.95. The van der Waals surface area contributed by atoms with Crippen molar-refractivity contribution in [1.29, 1.82) is 0 Å². The second-order valence-electron chi connectivity index (χ2n) is 6.30. The van der Waals surface area contributed by atoms with Crippen molar-refractivity contribution in [3.63, 3.8) is 0 Å². The van der Waals surface area contributed by atoms with Gasteiger partial charge in [0.05, 0.1) is 19.5 Å². The Balaban J connectivity index is 1.45. The molecule has 0 aliphatic carbocycles. The van der Waals surface area contributed by atoms with Crippen LogP contribution >= 0.6 is 0 Å². The number of anilines is 1. The van der Waals surface area contributed by atoms with Gasteiger partial charge < -0.3 is 15.4 Å². The Hall–Kier alpha value is -3.41. The van der Waals surface area contributed by atoms with Crippen molar-refractivity contribution >= 4 is 11.7 Å². The molecule has 1 amide bonds. The number of hydrogen-bond acceptors (Lipinski definition) is 5. The lowest BCUT2D eigenvalue weighted by Gasteiger charge is -2.10. The number of ether oxygens (including phenoxy) is 1. The van der Waals surface area contributed by atoms with Gasteiger partial charge in [0, 0.05) is 18.7 Å².